The van der Waals surface area contributed by atoms with Crippen molar-refractivity contribution in [3.05, 3.63) is 68.7 Å². The van der Waals surface area contributed by atoms with Crippen LogP contribution in [-0.2, 0) is 20.9 Å². The van der Waals surface area contributed by atoms with Gasteiger partial charge in [0, 0.05) is 22.4 Å². The van der Waals surface area contributed by atoms with Crippen LogP contribution in [0.2, 0.25) is 0 Å². The van der Waals surface area contributed by atoms with E-state index < -0.39 is 11.9 Å². The van der Waals surface area contributed by atoms with Crippen LogP contribution in [0.15, 0.2) is 68.1 Å². The lowest BCUT2D eigenvalue weighted by atomic mass is 10.2. The third kappa shape index (κ3) is 4.80. The SMILES string of the molecule is CCOC(=O)C1=C(C)Nc2ccccc2N=C1NC(=O)Cn1cc(Br)ccc1=O. The van der Waals surface area contributed by atoms with Gasteiger partial charge >= 0.3 is 5.97 Å². The molecule has 8 nitrogen and oxygen atoms in total. The lowest BCUT2D eigenvalue weighted by Crippen LogP contribution is -2.38. The van der Waals surface area contributed by atoms with Crippen molar-refractivity contribution in [3.8, 4) is 0 Å². The summed E-state index contributed by atoms with van der Waals surface area (Å²) in [6.45, 7) is 3.34. The van der Waals surface area contributed by atoms with Crippen LogP contribution in [0.5, 0.6) is 0 Å². The summed E-state index contributed by atoms with van der Waals surface area (Å²) < 4.78 is 7.06. The summed E-state index contributed by atoms with van der Waals surface area (Å²) in [7, 11) is 0. The number of fused-ring (bicyclic) bond motifs is 1. The Labute approximate surface area is 175 Å². The van der Waals surface area contributed by atoms with E-state index in [-0.39, 0.29) is 30.1 Å². The second kappa shape index (κ2) is 8.87. The van der Waals surface area contributed by atoms with E-state index in [1.54, 1.807) is 32.0 Å². The van der Waals surface area contributed by atoms with Crippen molar-refractivity contribution >= 4 is 45.0 Å². The Morgan fingerprint density at radius 1 is 1.24 bits per heavy atom. The normalized spacial score (nSPS) is 13.0. The van der Waals surface area contributed by atoms with Crippen molar-refractivity contribution in [2.75, 3.05) is 11.9 Å². The van der Waals surface area contributed by atoms with Crippen LogP contribution in [0.25, 0.3) is 0 Å². The number of carbonyl (C=O) groups excluding carboxylic acids is 2. The van der Waals surface area contributed by atoms with Gasteiger partial charge in [0.25, 0.3) is 5.56 Å². The van der Waals surface area contributed by atoms with E-state index >= 15 is 0 Å². The molecule has 2 aromatic rings. The van der Waals surface area contributed by atoms with Gasteiger partial charge in [-0.3, -0.25) is 9.59 Å². The first-order chi connectivity index (χ1) is 13.9. The molecule has 0 saturated carbocycles. The number of nitrogens with zero attached hydrogens (tertiary/aromatic N) is 2. The maximum atomic E-state index is 12.6. The minimum atomic E-state index is -0.607. The van der Waals surface area contributed by atoms with E-state index in [0.29, 0.717) is 21.5 Å². The van der Waals surface area contributed by atoms with E-state index in [2.05, 4.69) is 31.6 Å². The molecule has 0 unspecified atom stereocenters. The number of rotatable bonds is 4. The molecular formula is C20H19BrN4O4. The zero-order valence-electron chi connectivity index (χ0n) is 15.9. The number of aromatic nitrogens is 1. The number of halogens is 1. The average Bonchev–Trinajstić information content (AvgIpc) is 2.80. The van der Waals surface area contributed by atoms with Crippen molar-refractivity contribution < 1.29 is 14.3 Å². The van der Waals surface area contributed by atoms with E-state index in [1.807, 2.05) is 12.1 Å². The van der Waals surface area contributed by atoms with Gasteiger partial charge in [0.05, 0.1) is 18.0 Å². The topological polar surface area (TPSA) is 102 Å². The number of ether oxygens (including phenoxy) is 1. The Bertz CT molecular complexity index is 1090. The van der Waals surface area contributed by atoms with Gasteiger partial charge in [-0.15, -0.1) is 0 Å². The number of amidine groups is 1. The summed E-state index contributed by atoms with van der Waals surface area (Å²) in [5, 5.41) is 5.78. The third-order valence-electron chi connectivity index (χ3n) is 4.07. The van der Waals surface area contributed by atoms with Gasteiger partial charge in [-0.05, 0) is 48.0 Å². The molecule has 1 aliphatic heterocycles. The number of hydrogen-bond donors (Lipinski definition) is 2. The molecule has 2 heterocycles. The van der Waals surface area contributed by atoms with Crippen LogP contribution in [-0.4, -0.2) is 28.9 Å². The molecule has 1 aromatic heterocycles. The minimum absolute atomic E-state index is 0.0615. The van der Waals surface area contributed by atoms with Gasteiger partial charge in [0.1, 0.15) is 18.0 Å². The molecule has 29 heavy (non-hydrogen) atoms. The maximum Gasteiger partial charge on any atom is 0.343 e. The molecule has 150 valence electrons. The van der Waals surface area contributed by atoms with Crippen LogP contribution in [0.1, 0.15) is 13.8 Å². The highest BCUT2D eigenvalue weighted by molar-refractivity contribution is 9.10. The first-order valence-corrected chi connectivity index (χ1v) is 9.67. The monoisotopic (exact) mass is 458 g/mol. The lowest BCUT2D eigenvalue weighted by Gasteiger charge is -2.14. The van der Waals surface area contributed by atoms with Crippen molar-refractivity contribution in [3.63, 3.8) is 0 Å². The van der Waals surface area contributed by atoms with Gasteiger partial charge in [-0.1, -0.05) is 12.1 Å². The van der Waals surface area contributed by atoms with Crippen molar-refractivity contribution in [2.45, 2.75) is 20.4 Å². The number of amides is 1. The quantitative estimate of drug-likeness (QED) is 0.685. The average molecular weight is 459 g/mol. The summed E-state index contributed by atoms with van der Waals surface area (Å²) in [6.07, 6.45) is 1.51. The minimum Gasteiger partial charge on any atom is -0.462 e. The molecule has 3 rings (SSSR count). The number of aliphatic imine (C=N–C) groups is 1. The standard InChI is InChI=1S/C20H19BrN4O4/c1-3-29-20(28)18-12(2)22-14-6-4-5-7-15(14)23-19(18)24-16(26)11-25-10-13(21)8-9-17(25)27/h4-10,22H,3,11H2,1-2H3,(H,23,24,26). The first-order valence-electron chi connectivity index (χ1n) is 8.88. The summed E-state index contributed by atoms with van der Waals surface area (Å²) in [6, 6.07) is 10.2. The maximum absolute atomic E-state index is 12.6. The van der Waals surface area contributed by atoms with Gasteiger partial charge in [0.15, 0.2) is 0 Å². The fraction of sp³-hybridized carbons (Fsp3) is 0.200. The van der Waals surface area contributed by atoms with E-state index in [1.165, 1.54) is 16.8 Å². The molecular weight excluding hydrogens is 440 g/mol. The lowest BCUT2D eigenvalue weighted by molar-refractivity contribution is -0.137. The molecule has 1 amide bonds. The Kier molecular flexibility index (Phi) is 6.28. The van der Waals surface area contributed by atoms with Crippen LogP contribution < -0.4 is 16.2 Å². The highest BCUT2D eigenvalue weighted by Gasteiger charge is 2.26. The zero-order chi connectivity index (χ0) is 21.0. The molecule has 0 radical (unpaired) electrons. The molecule has 2 N–H and O–H groups in total. The number of hydrogen-bond acceptors (Lipinski definition) is 6. The van der Waals surface area contributed by atoms with Crippen molar-refractivity contribution in [2.24, 2.45) is 4.99 Å². The number of anilines is 1. The number of pyridine rings is 1. The Morgan fingerprint density at radius 2 is 2.00 bits per heavy atom. The predicted octanol–water partition coefficient (Wildman–Crippen LogP) is 2.72. The predicted molar refractivity (Wildman–Crippen MR) is 113 cm³/mol. The number of esters is 1. The number of allylic oxidation sites excluding steroid dienone is 1. The van der Waals surface area contributed by atoms with Gasteiger partial charge in [-0.2, -0.15) is 0 Å². The third-order valence-corrected chi connectivity index (χ3v) is 4.54. The zero-order valence-corrected chi connectivity index (χ0v) is 17.4. The largest absolute Gasteiger partial charge is 0.462 e. The van der Waals surface area contributed by atoms with Crippen LogP contribution >= 0.6 is 15.9 Å². The van der Waals surface area contributed by atoms with Crippen molar-refractivity contribution in [1.29, 1.82) is 0 Å². The molecule has 1 aliphatic rings. The Morgan fingerprint density at radius 3 is 2.76 bits per heavy atom. The highest BCUT2D eigenvalue weighted by atomic mass is 79.9. The van der Waals surface area contributed by atoms with Crippen molar-refractivity contribution in [1.82, 2.24) is 9.88 Å². The molecule has 0 fully saturated rings. The molecule has 0 saturated heterocycles. The molecule has 9 heteroatoms. The smallest absolute Gasteiger partial charge is 0.343 e. The Hall–Kier alpha value is -3.20. The van der Waals surface area contributed by atoms with E-state index in [0.717, 1.165) is 0 Å². The number of benzene rings is 1. The second-order valence-corrected chi connectivity index (χ2v) is 7.10. The number of nitrogens with one attached hydrogen (secondary N) is 2. The first kappa shape index (κ1) is 20.5. The molecule has 1 aromatic carbocycles. The molecule has 0 aliphatic carbocycles. The van der Waals surface area contributed by atoms with Gasteiger partial charge < -0.3 is 19.9 Å². The number of para-hydroxylation sites is 2. The van der Waals surface area contributed by atoms with Crippen LogP contribution in [0.3, 0.4) is 0 Å². The van der Waals surface area contributed by atoms with E-state index in [4.69, 9.17) is 4.74 Å². The van der Waals surface area contributed by atoms with E-state index in [9.17, 15) is 14.4 Å². The fourth-order valence-corrected chi connectivity index (χ4v) is 3.17. The van der Waals surface area contributed by atoms with Crippen LogP contribution in [0, 0.1) is 0 Å². The summed E-state index contributed by atoms with van der Waals surface area (Å²) in [4.78, 5) is 41.6. The van der Waals surface area contributed by atoms with Gasteiger partial charge in [-0.25, -0.2) is 9.79 Å². The summed E-state index contributed by atoms with van der Waals surface area (Å²) >= 11 is 3.27. The van der Waals surface area contributed by atoms with Gasteiger partial charge in [0.2, 0.25) is 5.91 Å². The highest BCUT2D eigenvalue weighted by Crippen LogP contribution is 2.30. The Balaban J connectivity index is 1.96. The van der Waals surface area contributed by atoms with Crippen LogP contribution in [0.4, 0.5) is 11.4 Å². The fourth-order valence-electron chi connectivity index (χ4n) is 2.79. The molecule has 0 atom stereocenters. The molecule has 0 bridgehead atoms. The second-order valence-electron chi connectivity index (χ2n) is 6.18. The summed E-state index contributed by atoms with van der Waals surface area (Å²) in [5.74, 6) is -1.05. The molecule has 0 spiro atoms. The summed E-state index contributed by atoms with van der Waals surface area (Å²) in [5.41, 5.74) is 1.54. The number of carbonyl (C=O) groups is 2.